The molecule has 1 amide bonds. The molecule has 0 spiro atoms. The minimum Gasteiger partial charge on any atom is -0.478 e. The van der Waals surface area contributed by atoms with Crippen LogP contribution in [0.5, 0.6) is 0 Å². The zero-order valence-electron chi connectivity index (χ0n) is 9.55. The molecule has 0 atom stereocenters. The molecule has 0 heterocycles. The van der Waals surface area contributed by atoms with Gasteiger partial charge in [0.2, 0.25) is 0 Å². The number of halogens is 1. The highest BCUT2D eigenvalue weighted by atomic mass is 35.5. The fraction of sp³-hybridized carbons (Fsp3) is 0.0769. The number of carboxylic acids is 1. The van der Waals surface area contributed by atoms with Gasteiger partial charge in [-0.1, -0.05) is 17.5 Å². The van der Waals surface area contributed by atoms with Crippen LogP contribution in [0.2, 0.25) is 5.02 Å². The van der Waals surface area contributed by atoms with Crippen molar-refractivity contribution in [2.75, 3.05) is 11.9 Å². The summed E-state index contributed by atoms with van der Waals surface area (Å²) in [6, 6.07) is 4.79. The number of amides is 1. The van der Waals surface area contributed by atoms with Crippen molar-refractivity contribution in [3.8, 4) is 12.3 Å². The van der Waals surface area contributed by atoms with Crippen LogP contribution in [0.25, 0.3) is 0 Å². The van der Waals surface area contributed by atoms with Gasteiger partial charge in [-0.25, -0.2) is 4.79 Å². The lowest BCUT2D eigenvalue weighted by molar-refractivity contribution is -0.131. The van der Waals surface area contributed by atoms with Crippen molar-refractivity contribution < 1.29 is 14.7 Å². The average Bonchev–Trinajstić information content (AvgIpc) is 2.34. The number of terminal acetylenes is 1. The molecule has 1 aromatic rings. The Bertz CT molecular complexity index is 558. The molecule has 0 saturated heterocycles. The highest BCUT2D eigenvalue weighted by Crippen LogP contribution is 2.22. The maximum Gasteiger partial charge on any atom is 0.328 e. The first-order valence-corrected chi connectivity index (χ1v) is 5.28. The van der Waals surface area contributed by atoms with Crippen LogP contribution >= 0.6 is 11.6 Å². The van der Waals surface area contributed by atoms with Crippen LogP contribution in [0.1, 0.15) is 5.56 Å². The van der Waals surface area contributed by atoms with E-state index in [0.29, 0.717) is 16.3 Å². The van der Waals surface area contributed by atoms with Gasteiger partial charge in [0.05, 0.1) is 5.02 Å². The van der Waals surface area contributed by atoms with E-state index in [4.69, 9.17) is 23.1 Å². The summed E-state index contributed by atoms with van der Waals surface area (Å²) in [7, 11) is 1.51. The predicted molar refractivity (Wildman–Crippen MR) is 69.6 cm³/mol. The average molecular weight is 264 g/mol. The molecule has 5 heteroatoms. The Morgan fingerprint density at radius 2 is 2.11 bits per heavy atom. The van der Waals surface area contributed by atoms with E-state index in [0.717, 1.165) is 12.2 Å². The van der Waals surface area contributed by atoms with Crippen LogP contribution in [-0.2, 0) is 9.59 Å². The second kappa shape index (κ2) is 5.89. The maximum atomic E-state index is 11.6. The largest absolute Gasteiger partial charge is 0.478 e. The highest BCUT2D eigenvalue weighted by molar-refractivity contribution is 6.32. The Balaban J connectivity index is 2.94. The first-order valence-electron chi connectivity index (χ1n) is 4.90. The summed E-state index contributed by atoms with van der Waals surface area (Å²) in [6.07, 6.45) is 6.96. The van der Waals surface area contributed by atoms with Crippen LogP contribution in [0.4, 0.5) is 5.69 Å². The van der Waals surface area contributed by atoms with Gasteiger partial charge in [0.1, 0.15) is 0 Å². The Hall–Kier alpha value is -2.25. The van der Waals surface area contributed by atoms with Gasteiger partial charge in [0.15, 0.2) is 0 Å². The molecule has 0 aromatic heterocycles. The molecule has 0 aliphatic rings. The molecule has 0 saturated carbocycles. The normalized spacial score (nSPS) is 10.1. The lowest BCUT2D eigenvalue weighted by Crippen LogP contribution is -2.24. The molecular formula is C13H10ClNO3. The third-order valence-corrected chi connectivity index (χ3v) is 2.51. The van der Waals surface area contributed by atoms with Crippen LogP contribution in [0.15, 0.2) is 30.4 Å². The highest BCUT2D eigenvalue weighted by Gasteiger charge is 2.09. The van der Waals surface area contributed by atoms with Gasteiger partial charge in [-0.2, -0.15) is 0 Å². The topological polar surface area (TPSA) is 57.6 Å². The van der Waals surface area contributed by atoms with Gasteiger partial charge in [0.25, 0.3) is 5.91 Å². The second-order valence-corrected chi connectivity index (χ2v) is 3.78. The SMILES string of the molecule is C#Cc1ccc(N(C)C(=O)/C=C/C(=O)O)cc1Cl. The molecule has 0 aliphatic carbocycles. The predicted octanol–water partition coefficient (Wildman–Crippen LogP) is 1.92. The quantitative estimate of drug-likeness (QED) is 0.670. The fourth-order valence-electron chi connectivity index (χ4n) is 1.21. The summed E-state index contributed by atoms with van der Waals surface area (Å²) < 4.78 is 0. The number of aliphatic carboxylic acids is 1. The molecule has 0 aliphatic heterocycles. The van der Waals surface area contributed by atoms with E-state index in [9.17, 15) is 9.59 Å². The number of rotatable bonds is 3. The van der Waals surface area contributed by atoms with Gasteiger partial charge in [-0.15, -0.1) is 6.42 Å². The summed E-state index contributed by atoms with van der Waals surface area (Å²) in [6.45, 7) is 0. The fourth-order valence-corrected chi connectivity index (χ4v) is 1.44. The smallest absolute Gasteiger partial charge is 0.328 e. The van der Waals surface area contributed by atoms with E-state index < -0.39 is 11.9 Å². The molecule has 92 valence electrons. The van der Waals surface area contributed by atoms with Crippen molar-refractivity contribution in [2.45, 2.75) is 0 Å². The Kier molecular flexibility index (Phi) is 4.52. The first kappa shape index (κ1) is 13.8. The Labute approximate surface area is 109 Å². The van der Waals surface area contributed by atoms with Gasteiger partial charge in [0, 0.05) is 30.5 Å². The minimum atomic E-state index is -1.18. The molecule has 1 N–H and O–H groups in total. The number of hydrogen-bond acceptors (Lipinski definition) is 2. The molecule has 0 radical (unpaired) electrons. The van der Waals surface area contributed by atoms with Crippen molar-refractivity contribution in [1.82, 2.24) is 0 Å². The van der Waals surface area contributed by atoms with E-state index >= 15 is 0 Å². The molecule has 0 fully saturated rings. The van der Waals surface area contributed by atoms with Crippen molar-refractivity contribution in [2.24, 2.45) is 0 Å². The van der Waals surface area contributed by atoms with Crippen LogP contribution < -0.4 is 4.90 Å². The summed E-state index contributed by atoms with van der Waals surface area (Å²) in [5.74, 6) is 0.750. The van der Waals surface area contributed by atoms with Crippen LogP contribution in [0, 0.1) is 12.3 Å². The third kappa shape index (κ3) is 3.37. The summed E-state index contributed by atoms with van der Waals surface area (Å²) in [4.78, 5) is 23.2. The number of benzene rings is 1. The Morgan fingerprint density at radius 3 is 2.61 bits per heavy atom. The van der Waals surface area contributed by atoms with Crippen LogP contribution in [-0.4, -0.2) is 24.0 Å². The van der Waals surface area contributed by atoms with Crippen molar-refractivity contribution in [1.29, 1.82) is 0 Å². The maximum absolute atomic E-state index is 11.6. The first-order chi connectivity index (χ1) is 8.45. The van der Waals surface area contributed by atoms with E-state index in [1.54, 1.807) is 18.2 Å². The van der Waals surface area contributed by atoms with E-state index in [1.165, 1.54) is 11.9 Å². The van der Waals surface area contributed by atoms with E-state index in [1.807, 2.05) is 0 Å². The lowest BCUT2D eigenvalue weighted by atomic mass is 10.2. The standard InChI is InChI=1S/C13H10ClNO3/c1-3-9-4-5-10(8-11(9)14)15(2)12(16)6-7-13(17)18/h1,4-8H,2H3,(H,17,18)/b7-6+. The van der Waals surface area contributed by atoms with Gasteiger partial charge >= 0.3 is 5.97 Å². The molecule has 4 nitrogen and oxygen atoms in total. The molecule has 1 aromatic carbocycles. The summed E-state index contributed by atoms with van der Waals surface area (Å²) >= 11 is 5.91. The van der Waals surface area contributed by atoms with Crippen molar-refractivity contribution >= 4 is 29.2 Å². The van der Waals surface area contributed by atoms with Gasteiger partial charge in [-0.05, 0) is 18.2 Å². The number of carbonyl (C=O) groups is 2. The monoisotopic (exact) mass is 263 g/mol. The number of anilines is 1. The molecule has 0 bridgehead atoms. The second-order valence-electron chi connectivity index (χ2n) is 3.38. The molecular weight excluding hydrogens is 254 g/mol. The van der Waals surface area contributed by atoms with Gasteiger partial charge < -0.3 is 10.0 Å². The van der Waals surface area contributed by atoms with E-state index in [-0.39, 0.29) is 0 Å². The number of carboxylic acid groups (broad SMARTS) is 1. The molecule has 1 rings (SSSR count). The molecule has 0 unspecified atom stereocenters. The number of hydrogen-bond donors (Lipinski definition) is 1. The minimum absolute atomic E-state index is 0.358. The van der Waals surface area contributed by atoms with E-state index in [2.05, 4.69) is 5.92 Å². The number of nitrogens with zero attached hydrogens (tertiary/aromatic N) is 1. The zero-order chi connectivity index (χ0) is 13.7. The zero-order valence-corrected chi connectivity index (χ0v) is 10.3. The third-order valence-electron chi connectivity index (χ3n) is 2.19. The van der Waals surface area contributed by atoms with Gasteiger partial charge in [-0.3, -0.25) is 4.79 Å². The van der Waals surface area contributed by atoms with Crippen molar-refractivity contribution in [3.05, 3.63) is 40.9 Å². The number of likely N-dealkylation sites (N-methyl/N-ethyl adjacent to an activating group) is 1. The number of carbonyl (C=O) groups excluding carboxylic acids is 1. The van der Waals surface area contributed by atoms with Crippen molar-refractivity contribution in [3.63, 3.8) is 0 Å². The lowest BCUT2D eigenvalue weighted by Gasteiger charge is -2.15. The Morgan fingerprint density at radius 1 is 1.44 bits per heavy atom. The summed E-state index contributed by atoms with van der Waals surface area (Å²) in [5, 5.41) is 8.78. The summed E-state index contributed by atoms with van der Waals surface area (Å²) in [5.41, 5.74) is 1.06. The van der Waals surface area contributed by atoms with Crippen LogP contribution in [0.3, 0.4) is 0 Å². The molecule has 18 heavy (non-hydrogen) atoms.